The summed E-state index contributed by atoms with van der Waals surface area (Å²) in [6, 6.07) is 8.26. The average molecular weight is 256 g/mol. The molecule has 0 unspecified atom stereocenters. The van der Waals surface area contributed by atoms with Crippen molar-refractivity contribution in [2.24, 2.45) is 0 Å². The molecule has 2 nitrogen and oxygen atoms in total. The van der Waals surface area contributed by atoms with E-state index in [-0.39, 0.29) is 0 Å². The topological polar surface area (TPSA) is 21.3 Å². The van der Waals surface area contributed by atoms with Crippen LogP contribution in [0.2, 0.25) is 0 Å². The van der Waals surface area contributed by atoms with Crippen LogP contribution in [0.5, 0.6) is 0 Å². The Morgan fingerprint density at radius 2 is 1.86 bits per heavy atom. The third kappa shape index (κ3) is 2.86. The lowest BCUT2D eigenvalue weighted by atomic mass is 10.1. The molecule has 1 N–H and O–H groups in total. The number of benzene rings is 1. The van der Waals surface area contributed by atoms with Crippen LogP contribution >= 0.6 is 15.9 Å². The van der Waals surface area contributed by atoms with E-state index < -0.39 is 0 Å². The van der Waals surface area contributed by atoms with Gasteiger partial charge in [-0.25, -0.2) is 0 Å². The second-order valence-electron chi connectivity index (χ2n) is 3.08. The van der Waals surface area contributed by atoms with Gasteiger partial charge < -0.3 is 0 Å². The van der Waals surface area contributed by atoms with E-state index in [1.165, 1.54) is 5.56 Å². The molecule has 0 aliphatic carbocycles. The highest BCUT2D eigenvalue weighted by molar-refractivity contribution is 9.11. The Hall–Kier alpha value is -0.800. The molecule has 0 saturated heterocycles. The predicted molar refractivity (Wildman–Crippen MR) is 62.8 cm³/mol. The van der Waals surface area contributed by atoms with Crippen molar-refractivity contribution in [1.29, 1.82) is 0 Å². The van der Waals surface area contributed by atoms with Gasteiger partial charge in [-0.2, -0.15) is 0 Å². The molecule has 0 bridgehead atoms. The van der Waals surface area contributed by atoms with Gasteiger partial charge in [-0.3, -0.25) is 10.3 Å². The van der Waals surface area contributed by atoms with E-state index in [0.29, 0.717) is 0 Å². The van der Waals surface area contributed by atoms with Gasteiger partial charge in [0.2, 0.25) is 0 Å². The SMILES string of the molecule is CONC(=C(C)Br)c1ccc(C)cc1. The van der Waals surface area contributed by atoms with Gasteiger partial charge in [0, 0.05) is 10.0 Å². The monoisotopic (exact) mass is 255 g/mol. The smallest absolute Gasteiger partial charge is 0.0775 e. The lowest BCUT2D eigenvalue weighted by Crippen LogP contribution is -2.10. The molecule has 0 aliphatic rings. The molecule has 0 heterocycles. The van der Waals surface area contributed by atoms with Crippen molar-refractivity contribution in [3.8, 4) is 0 Å². The second-order valence-corrected chi connectivity index (χ2v) is 4.27. The predicted octanol–water partition coefficient (Wildman–Crippen LogP) is 3.23. The number of allylic oxidation sites excluding steroid dienone is 1. The van der Waals surface area contributed by atoms with Crippen molar-refractivity contribution in [3.63, 3.8) is 0 Å². The first-order valence-corrected chi connectivity index (χ1v) is 5.17. The minimum Gasteiger partial charge on any atom is -0.279 e. The quantitative estimate of drug-likeness (QED) is 0.838. The van der Waals surface area contributed by atoms with Crippen LogP contribution in [0.4, 0.5) is 0 Å². The van der Waals surface area contributed by atoms with Crippen LogP contribution in [0.3, 0.4) is 0 Å². The third-order valence-corrected chi connectivity index (χ3v) is 2.29. The fraction of sp³-hybridized carbons (Fsp3) is 0.273. The summed E-state index contributed by atoms with van der Waals surface area (Å²) in [7, 11) is 1.60. The van der Waals surface area contributed by atoms with Crippen LogP contribution in [0.15, 0.2) is 28.7 Å². The molecule has 76 valence electrons. The molecule has 0 saturated carbocycles. The molecule has 0 spiro atoms. The number of hydrogen-bond acceptors (Lipinski definition) is 2. The summed E-state index contributed by atoms with van der Waals surface area (Å²) < 4.78 is 1.02. The van der Waals surface area contributed by atoms with E-state index in [1.54, 1.807) is 7.11 Å². The van der Waals surface area contributed by atoms with Crippen molar-refractivity contribution < 1.29 is 4.84 Å². The van der Waals surface area contributed by atoms with E-state index >= 15 is 0 Å². The van der Waals surface area contributed by atoms with Gasteiger partial charge in [0.05, 0.1) is 12.8 Å². The molecule has 0 amide bonds. The zero-order chi connectivity index (χ0) is 10.6. The Balaban J connectivity index is 3.01. The normalized spacial score (nSPS) is 12.3. The van der Waals surface area contributed by atoms with Crippen molar-refractivity contribution in [1.82, 2.24) is 5.48 Å². The van der Waals surface area contributed by atoms with E-state index in [2.05, 4.69) is 52.6 Å². The zero-order valence-electron chi connectivity index (χ0n) is 8.60. The minimum absolute atomic E-state index is 0.951. The summed E-state index contributed by atoms with van der Waals surface area (Å²) in [5.74, 6) is 0. The maximum absolute atomic E-state index is 4.91. The van der Waals surface area contributed by atoms with Crippen LogP contribution in [0.1, 0.15) is 18.1 Å². The molecular weight excluding hydrogens is 242 g/mol. The molecule has 0 fully saturated rings. The standard InChI is InChI=1S/C11H14BrNO/c1-8-4-6-10(7-5-8)11(9(2)12)13-14-3/h4-7,13H,1-3H3. The third-order valence-electron chi connectivity index (χ3n) is 1.89. The number of nitrogens with one attached hydrogen (secondary N) is 1. The van der Waals surface area contributed by atoms with Crippen LogP contribution < -0.4 is 5.48 Å². The van der Waals surface area contributed by atoms with Crippen molar-refractivity contribution in [2.45, 2.75) is 13.8 Å². The number of aryl methyl sites for hydroxylation is 1. The highest BCUT2D eigenvalue weighted by Gasteiger charge is 2.03. The highest BCUT2D eigenvalue weighted by atomic mass is 79.9. The fourth-order valence-corrected chi connectivity index (χ4v) is 1.46. The van der Waals surface area contributed by atoms with Gasteiger partial charge in [-0.1, -0.05) is 45.8 Å². The van der Waals surface area contributed by atoms with E-state index in [0.717, 1.165) is 15.7 Å². The van der Waals surface area contributed by atoms with Crippen LogP contribution in [0.25, 0.3) is 5.70 Å². The summed E-state index contributed by atoms with van der Waals surface area (Å²) >= 11 is 3.43. The average Bonchev–Trinajstić information content (AvgIpc) is 2.15. The lowest BCUT2D eigenvalue weighted by Gasteiger charge is -2.10. The van der Waals surface area contributed by atoms with E-state index in [1.807, 2.05) is 6.92 Å². The van der Waals surface area contributed by atoms with Gasteiger partial charge in [-0.15, -0.1) is 0 Å². The van der Waals surface area contributed by atoms with Crippen molar-refractivity contribution in [3.05, 3.63) is 39.9 Å². The Labute approximate surface area is 93.1 Å². The minimum atomic E-state index is 0.951. The molecule has 0 aliphatic heterocycles. The van der Waals surface area contributed by atoms with Gasteiger partial charge in [0.15, 0.2) is 0 Å². The Morgan fingerprint density at radius 3 is 2.29 bits per heavy atom. The molecule has 14 heavy (non-hydrogen) atoms. The maximum atomic E-state index is 4.91. The first-order chi connectivity index (χ1) is 6.65. The van der Waals surface area contributed by atoms with Gasteiger partial charge in [0.25, 0.3) is 0 Å². The molecule has 0 radical (unpaired) electrons. The second kappa shape index (κ2) is 5.17. The zero-order valence-corrected chi connectivity index (χ0v) is 10.2. The first kappa shape index (κ1) is 11.3. The number of hydrogen-bond donors (Lipinski definition) is 1. The summed E-state index contributed by atoms with van der Waals surface area (Å²) in [5, 5.41) is 0. The van der Waals surface area contributed by atoms with Gasteiger partial charge in [0.1, 0.15) is 0 Å². The summed E-state index contributed by atoms with van der Waals surface area (Å²) in [5.41, 5.74) is 6.15. The summed E-state index contributed by atoms with van der Waals surface area (Å²) in [6.07, 6.45) is 0. The largest absolute Gasteiger partial charge is 0.279 e. The van der Waals surface area contributed by atoms with Crippen LogP contribution in [0, 0.1) is 6.92 Å². The Kier molecular flexibility index (Phi) is 4.17. The Morgan fingerprint density at radius 1 is 1.29 bits per heavy atom. The lowest BCUT2D eigenvalue weighted by molar-refractivity contribution is 0.136. The van der Waals surface area contributed by atoms with E-state index in [4.69, 9.17) is 4.84 Å². The first-order valence-electron chi connectivity index (χ1n) is 4.37. The van der Waals surface area contributed by atoms with E-state index in [9.17, 15) is 0 Å². The summed E-state index contributed by atoms with van der Waals surface area (Å²) in [6.45, 7) is 4.04. The van der Waals surface area contributed by atoms with Crippen molar-refractivity contribution >= 4 is 21.6 Å². The molecule has 1 rings (SSSR count). The van der Waals surface area contributed by atoms with Gasteiger partial charge >= 0.3 is 0 Å². The Bertz CT molecular complexity index is 326. The molecular formula is C11H14BrNO. The molecule has 0 aromatic heterocycles. The highest BCUT2D eigenvalue weighted by Crippen LogP contribution is 2.20. The van der Waals surface area contributed by atoms with Crippen LogP contribution in [-0.4, -0.2) is 7.11 Å². The fourth-order valence-electron chi connectivity index (χ4n) is 1.15. The number of halogens is 1. The molecule has 3 heteroatoms. The van der Waals surface area contributed by atoms with Crippen molar-refractivity contribution in [2.75, 3.05) is 7.11 Å². The van der Waals surface area contributed by atoms with Gasteiger partial charge in [-0.05, 0) is 13.8 Å². The molecule has 0 atom stereocenters. The maximum Gasteiger partial charge on any atom is 0.0775 e. The van der Waals surface area contributed by atoms with Crippen LogP contribution in [-0.2, 0) is 4.84 Å². The molecule has 1 aromatic carbocycles. The summed E-state index contributed by atoms with van der Waals surface area (Å²) in [4.78, 5) is 4.91. The number of rotatable bonds is 3. The number of hydroxylamine groups is 1. The molecule has 1 aromatic rings.